The van der Waals surface area contributed by atoms with E-state index in [-0.39, 0.29) is 5.91 Å². The van der Waals surface area contributed by atoms with Crippen molar-refractivity contribution in [3.8, 4) is 0 Å². The van der Waals surface area contributed by atoms with Crippen molar-refractivity contribution in [1.29, 1.82) is 0 Å². The van der Waals surface area contributed by atoms with Gasteiger partial charge in [0.1, 0.15) is 0 Å². The van der Waals surface area contributed by atoms with Crippen molar-refractivity contribution < 1.29 is 13.2 Å². The lowest BCUT2D eigenvalue weighted by molar-refractivity contribution is 0.0953. The van der Waals surface area contributed by atoms with Gasteiger partial charge >= 0.3 is 0 Å². The summed E-state index contributed by atoms with van der Waals surface area (Å²) in [5.74, 6) is 0.537. The van der Waals surface area contributed by atoms with Crippen molar-refractivity contribution in [2.75, 3.05) is 26.4 Å². The zero-order valence-electron chi connectivity index (χ0n) is 14.6. The molecule has 134 valence electrons. The molecule has 0 unspecified atom stereocenters. The summed E-state index contributed by atoms with van der Waals surface area (Å²) in [6, 6.07) is 7.93. The third-order valence-corrected chi connectivity index (χ3v) is 6.07. The van der Waals surface area contributed by atoms with Crippen LogP contribution in [0.25, 0.3) is 0 Å². The van der Waals surface area contributed by atoms with Crippen molar-refractivity contribution in [2.45, 2.75) is 44.4 Å². The van der Waals surface area contributed by atoms with Crippen molar-refractivity contribution >= 4 is 15.9 Å². The third-order valence-electron chi connectivity index (χ3n) is 4.75. The molecule has 1 aliphatic rings. The van der Waals surface area contributed by atoms with Gasteiger partial charge in [0.15, 0.2) is 0 Å². The molecule has 1 aromatic rings. The summed E-state index contributed by atoms with van der Waals surface area (Å²) < 4.78 is 23.9. The van der Waals surface area contributed by atoms with Crippen molar-refractivity contribution in [3.05, 3.63) is 35.4 Å². The minimum absolute atomic E-state index is 0.104. The number of sulfonamides is 1. The lowest BCUT2D eigenvalue weighted by Crippen LogP contribution is -2.30. The van der Waals surface area contributed by atoms with Gasteiger partial charge in [0, 0.05) is 25.7 Å². The van der Waals surface area contributed by atoms with Crippen LogP contribution >= 0.6 is 0 Å². The smallest absolute Gasteiger partial charge is 0.251 e. The molecular formula is C18H28N2O3S. The molecule has 1 fully saturated rings. The molecule has 1 aromatic carbocycles. The van der Waals surface area contributed by atoms with Gasteiger partial charge in [0.25, 0.3) is 5.91 Å². The highest BCUT2D eigenvalue weighted by molar-refractivity contribution is 7.88. The van der Waals surface area contributed by atoms with Crippen LogP contribution in [0.4, 0.5) is 0 Å². The van der Waals surface area contributed by atoms with Crippen molar-refractivity contribution in [1.82, 2.24) is 9.62 Å². The first-order chi connectivity index (χ1) is 11.4. The van der Waals surface area contributed by atoms with E-state index in [4.69, 9.17) is 0 Å². The molecule has 6 heteroatoms. The normalized spacial score (nSPS) is 16.3. The van der Waals surface area contributed by atoms with Gasteiger partial charge in [-0.15, -0.1) is 0 Å². The average molecular weight is 352 g/mol. The predicted octanol–water partition coefficient (Wildman–Crippen LogP) is 2.75. The van der Waals surface area contributed by atoms with Gasteiger partial charge in [-0.1, -0.05) is 31.4 Å². The summed E-state index contributed by atoms with van der Waals surface area (Å²) in [5.41, 5.74) is 1.99. The van der Waals surface area contributed by atoms with E-state index < -0.39 is 10.0 Å². The molecule has 0 atom stereocenters. The van der Waals surface area contributed by atoms with E-state index in [0.717, 1.165) is 0 Å². The second kappa shape index (κ2) is 8.62. The number of benzene rings is 1. The summed E-state index contributed by atoms with van der Waals surface area (Å²) in [6.07, 6.45) is 8.21. The minimum Gasteiger partial charge on any atom is -0.352 e. The first-order valence-corrected chi connectivity index (χ1v) is 10.5. The lowest BCUT2D eigenvalue weighted by Gasteiger charge is -2.22. The number of hydrogen-bond donors (Lipinski definition) is 1. The molecule has 0 radical (unpaired) electrons. The second-order valence-corrected chi connectivity index (χ2v) is 8.74. The fourth-order valence-corrected chi connectivity index (χ4v) is 3.57. The van der Waals surface area contributed by atoms with E-state index in [1.807, 2.05) is 12.1 Å². The number of hydrogen-bond acceptors (Lipinski definition) is 3. The van der Waals surface area contributed by atoms with E-state index >= 15 is 0 Å². The van der Waals surface area contributed by atoms with Crippen molar-refractivity contribution in [2.24, 2.45) is 0 Å². The van der Waals surface area contributed by atoms with Crippen LogP contribution in [0.5, 0.6) is 0 Å². The Morgan fingerprint density at radius 2 is 1.79 bits per heavy atom. The second-order valence-electron chi connectivity index (χ2n) is 6.65. The molecule has 0 bridgehead atoms. The fourth-order valence-electron chi connectivity index (χ4n) is 3.11. The maximum absolute atomic E-state index is 12.1. The zero-order chi connectivity index (χ0) is 17.6. The Bertz CT molecular complexity index is 635. The molecule has 0 saturated heterocycles. The molecular weight excluding hydrogens is 324 g/mol. The molecule has 1 N–H and O–H groups in total. The quantitative estimate of drug-likeness (QED) is 0.767. The van der Waals surface area contributed by atoms with Gasteiger partial charge < -0.3 is 5.32 Å². The molecule has 0 aliphatic heterocycles. The first-order valence-electron chi connectivity index (χ1n) is 8.67. The topological polar surface area (TPSA) is 66.5 Å². The van der Waals surface area contributed by atoms with Gasteiger partial charge in [-0.2, -0.15) is 0 Å². The zero-order valence-corrected chi connectivity index (χ0v) is 15.4. The van der Waals surface area contributed by atoms with Crippen LogP contribution in [0.1, 0.15) is 60.4 Å². The Hall–Kier alpha value is -1.40. The molecule has 2 rings (SSSR count). The SMILES string of the molecule is CN(CCCNC(=O)c1ccc(C2CCCCC2)cc1)S(C)(=O)=O. The Morgan fingerprint density at radius 3 is 2.38 bits per heavy atom. The first kappa shape index (κ1) is 18.9. The number of carbonyl (C=O) groups excluding carboxylic acids is 1. The van der Waals surface area contributed by atoms with Crippen LogP contribution in [-0.2, 0) is 10.0 Å². The van der Waals surface area contributed by atoms with Crippen molar-refractivity contribution in [3.63, 3.8) is 0 Å². The molecule has 1 saturated carbocycles. The van der Waals surface area contributed by atoms with Gasteiger partial charge in [-0.25, -0.2) is 12.7 Å². The van der Waals surface area contributed by atoms with Crippen LogP contribution in [-0.4, -0.2) is 45.0 Å². The number of nitrogens with zero attached hydrogens (tertiary/aromatic N) is 1. The van der Waals surface area contributed by atoms with Gasteiger partial charge in [0.2, 0.25) is 10.0 Å². The highest BCUT2D eigenvalue weighted by Gasteiger charge is 2.16. The van der Waals surface area contributed by atoms with Crippen LogP contribution in [0, 0.1) is 0 Å². The maximum atomic E-state index is 12.1. The number of carbonyl (C=O) groups is 1. The van der Waals surface area contributed by atoms with E-state index in [0.29, 0.717) is 31.0 Å². The minimum atomic E-state index is -3.15. The van der Waals surface area contributed by atoms with E-state index in [1.165, 1.54) is 48.2 Å². The Morgan fingerprint density at radius 1 is 1.17 bits per heavy atom. The average Bonchev–Trinajstić information content (AvgIpc) is 2.58. The van der Waals surface area contributed by atoms with Crippen LogP contribution in [0.3, 0.4) is 0 Å². The Kier molecular flexibility index (Phi) is 6.80. The van der Waals surface area contributed by atoms with Crippen LogP contribution in [0.15, 0.2) is 24.3 Å². The van der Waals surface area contributed by atoms with Gasteiger partial charge in [-0.05, 0) is 42.9 Å². The summed E-state index contributed by atoms with van der Waals surface area (Å²) in [6.45, 7) is 0.864. The molecule has 5 nitrogen and oxygen atoms in total. The Balaban J connectivity index is 1.78. The van der Waals surface area contributed by atoms with E-state index in [2.05, 4.69) is 17.4 Å². The molecule has 1 amide bonds. The molecule has 1 aliphatic carbocycles. The fraction of sp³-hybridized carbons (Fsp3) is 0.611. The summed E-state index contributed by atoms with van der Waals surface area (Å²) in [7, 11) is -1.61. The number of amides is 1. The number of rotatable bonds is 7. The van der Waals surface area contributed by atoms with Gasteiger partial charge in [0.05, 0.1) is 6.26 Å². The molecule has 0 spiro atoms. The predicted molar refractivity (Wildman–Crippen MR) is 96.7 cm³/mol. The Labute approximate surface area is 145 Å². The van der Waals surface area contributed by atoms with Gasteiger partial charge in [-0.3, -0.25) is 4.79 Å². The molecule has 24 heavy (non-hydrogen) atoms. The summed E-state index contributed by atoms with van der Waals surface area (Å²) in [5, 5.41) is 2.84. The number of nitrogens with one attached hydrogen (secondary N) is 1. The standard InChI is InChI=1S/C18H28N2O3S/c1-20(24(2,22)23)14-6-13-19-18(21)17-11-9-16(10-12-17)15-7-4-3-5-8-15/h9-12,15H,3-8,13-14H2,1-2H3,(H,19,21). The van der Waals surface area contributed by atoms with E-state index in [9.17, 15) is 13.2 Å². The monoisotopic (exact) mass is 352 g/mol. The highest BCUT2D eigenvalue weighted by Crippen LogP contribution is 2.32. The molecule has 0 heterocycles. The maximum Gasteiger partial charge on any atom is 0.251 e. The molecule has 0 aromatic heterocycles. The van der Waals surface area contributed by atoms with E-state index in [1.54, 1.807) is 7.05 Å². The van der Waals surface area contributed by atoms with Crippen LogP contribution < -0.4 is 5.32 Å². The summed E-state index contributed by atoms with van der Waals surface area (Å²) >= 11 is 0. The summed E-state index contributed by atoms with van der Waals surface area (Å²) in [4.78, 5) is 12.1. The largest absolute Gasteiger partial charge is 0.352 e. The van der Waals surface area contributed by atoms with Crippen LogP contribution in [0.2, 0.25) is 0 Å². The third kappa shape index (κ3) is 5.60. The highest BCUT2D eigenvalue weighted by atomic mass is 32.2. The lowest BCUT2D eigenvalue weighted by atomic mass is 9.84.